The molecule has 3 nitrogen and oxygen atoms in total. The Hall–Kier alpha value is 0.314. The first kappa shape index (κ1) is 21.4. The Morgan fingerprint density at radius 1 is 0.870 bits per heavy atom. The normalized spacial score (nSPS) is 24.8. The number of piperidine rings is 1. The van der Waals surface area contributed by atoms with Crippen LogP contribution in [0.3, 0.4) is 0 Å². The Labute approximate surface area is 147 Å². The fourth-order valence-electron chi connectivity index (χ4n) is 2.34. The summed E-state index contributed by atoms with van der Waals surface area (Å²) < 4.78 is 13.0. The summed E-state index contributed by atoms with van der Waals surface area (Å²) in [6.07, 6.45) is 1.48. The van der Waals surface area contributed by atoms with E-state index in [-0.39, 0.29) is 10.1 Å². The second-order valence-corrected chi connectivity index (χ2v) is 19.9. The zero-order valence-electron chi connectivity index (χ0n) is 17.3. The van der Waals surface area contributed by atoms with Gasteiger partial charge in [-0.05, 0) is 48.6 Å². The topological polar surface area (TPSA) is 30.5 Å². The molecule has 1 saturated heterocycles. The van der Waals surface area contributed by atoms with Gasteiger partial charge in [-0.3, -0.25) is 0 Å². The predicted molar refractivity (Wildman–Crippen MR) is 106 cm³/mol. The Bertz CT molecular complexity index is 383. The van der Waals surface area contributed by atoms with Gasteiger partial charge in [0, 0.05) is 19.7 Å². The van der Waals surface area contributed by atoms with Crippen molar-refractivity contribution in [2.24, 2.45) is 5.92 Å². The van der Waals surface area contributed by atoms with E-state index in [1.54, 1.807) is 0 Å². The fourth-order valence-corrected chi connectivity index (χ4v) is 4.79. The molecule has 0 spiro atoms. The van der Waals surface area contributed by atoms with Gasteiger partial charge in [0.25, 0.3) is 0 Å². The van der Waals surface area contributed by atoms with Crippen molar-refractivity contribution in [2.45, 2.75) is 90.3 Å². The molecule has 0 aliphatic carbocycles. The van der Waals surface area contributed by atoms with Gasteiger partial charge in [0.2, 0.25) is 0 Å². The molecule has 1 rings (SSSR count). The molecule has 1 N–H and O–H groups in total. The molecule has 1 heterocycles. The SMILES string of the molecule is CC(C)(C)[Si](C)(C)OC[C@@H]1CNC[C@@H](O[Si](C)(C)C(C)(C)C)C1. The number of rotatable bonds is 5. The van der Waals surface area contributed by atoms with E-state index in [0.29, 0.717) is 12.0 Å². The van der Waals surface area contributed by atoms with E-state index in [4.69, 9.17) is 8.85 Å². The molecule has 0 aromatic carbocycles. The van der Waals surface area contributed by atoms with Crippen LogP contribution < -0.4 is 5.32 Å². The van der Waals surface area contributed by atoms with Crippen LogP contribution in [-0.2, 0) is 8.85 Å². The van der Waals surface area contributed by atoms with Gasteiger partial charge >= 0.3 is 0 Å². The van der Waals surface area contributed by atoms with Gasteiger partial charge in [0.05, 0.1) is 6.10 Å². The van der Waals surface area contributed by atoms with Gasteiger partial charge in [0.15, 0.2) is 16.6 Å². The van der Waals surface area contributed by atoms with Crippen LogP contribution in [0.4, 0.5) is 0 Å². The molecule has 0 bridgehead atoms. The maximum atomic E-state index is 6.60. The van der Waals surface area contributed by atoms with E-state index in [0.717, 1.165) is 26.1 Å². The summed E-state index contributed by atoms with van der Waals surface area (Å²) in [6.45, 7) is 26.2. The number of hydrogen-bond donors (Lipinski definition) is 1. The summed E-state index contributed by atoms with van der Waals surface area (Å²) in [5.41, 5.74) is 0. The molecule has 2 atom stereocenters. The van der Waals surface area contributed by atoms with Crippen molar-refractivity contribution < 1.29 is 8.85 Å². The van der Waals surface area contributed by atoms with Gasteiger partial charge in [-0.2, -0.15) is 0 Å². The van der Waals surface area contributed by atoms with Crippen LogP contribution in [-0.4, -0.2) is 42.4 Å². The van der Waals surface area contributed by atoms with Crippen molar-refractivity contribution in [1.29, 1.82) is 0 Å². The van der Waals surface area contributed by atoms with E-state index >= 15 is 0 Å². The second-order valence-electron chi connectivity index (χ2n) is 10.3. The Morgan fingerprint density at radius 3 is 1.87 bits per heavy atom. The molecule has 23 heavy (non-hydrogen) atoms. The number of nitrogens with one attached hydrogen (secondary N) is 1. The lowest BCUT2D eigenvalue weighted by Crippen LogP contribution is -2.51. The standard InChI is InChI=1S/C18H41NO2Si2/c1-17(2,3)22(7,8)20-14-15-11-16(13-19-12-15)21-23(9,10)18(4,5)6/h15-16,19H,11-14H2,1-10H3/t15-,16-/m0/s1. The molecule has 0 aromatic rings. The molecular formula is C18H41NO2Si2. The lowest BCUT2D eigenvalue weighted by atomic mass is 9.99. The highest BCUT2D eigenvalue weighted by molar-refractivity contribution is 6.74. The maximum Gasteiger partial charge on any atom is 0.192 e. The minimum Gasteiger partial charge on any atom is -0.416 e. The molecule has 0 radical (unpaired) electrons. The molecule has 0 aromatic heterocycles. The minimum absolute atomic E-state index is 0.275. The van der Waals surface area contributed by atoms with Gasteiger partial charge in [-0.1, -0.05) is 41.5 Å². The van der Waals surface area contributed by atoms with E-state index in [1.807, 2.05) is 0 Å². The lowest BCUT2D eigenvalue weighted by molar-refractivity contribution is 0.0967. The zero-order chi connectivity index (χ0) is 18.1. The largest absolute Gasteiger partial charge is 0.416 e. The third kappa shape index (κ3) is 5.96. The highest BCUT2D eigenvalue weighted by Gasteiger charge is 2.41. The molecule has 0 saturated carbocycles. The van der Waals surface area contributed by atoms with Crippen LogP contribution in [0, 0.1) is 5.92 Å². The zero-order valence-corrected chi connectivity index (χ0v) is 19.3. The molecule has 138 valence electrons. The third-order valence-electron chi connectivity index (χ3n) is 6.15. The average molecular weight is 360 g/mol. The second kappa shape index (κ2) is 7.28. The highest BCUT2D eigenvalue weighted by Crippen LogP contribution is 2.39. The van der Waals surface area contributed by atoms with E-state index in [1.165, 1.54) is 0 Å². The van der Waals surface area contributed by atoms with Gasteiger partial charge < -0.3 is 14.2 Å². The quantitative estimate of drug-likeness (QED) is 0.700. The number of hydrogen-bond acceptors (Lipinski definition) is 3. The summed E-state index contributed by atoms with van der Waals surface area (Å²) in [4.78, 5) is 0. The molecule has 1 fully saturated rings. The lowest BCUT2D eigenvalue weighted by Gasteiger charge is -2.42. The Morgan fingerprint density at radius 2 is 1.39 bits per heavy atom. The summed E-state index contributed by atoms with van der Waals surface area (Å²) in [5, 5.41) is 4.13. The first-order valence-electron chi connectivity index (χ1n) is 9.18. The van der Waals surface area contributed by atoms with Crippen molar-refractivity contribution in [1.82, 2.24) is 5.32 Å². The summed E-state index contributed by atoms with van der Waals surface area (Å²) in [5.74, 6) is 0.577. The molecular weight excluding hydrogens is 318 g/mol. The molecule has 0 unspecified atom stereocenters. The van der Waals surface area contributed by atoms with Crippen molar-refractivity contribution in [3.05, 3.63) is 0 Å². The van der Waals surface area contributed by atoms with Crippen molar-refractivity contribution in [2.75, 3.05) is 19.7 Å². The molecule has 1 aliphatic heterocycles. The first-order chi connectivity index (χ1) is 10.2. The van der Waals surface area contributed by atoms with Crippen molar-refractivity contribution in [3.8, 4) is 0 Å². The van der Waals surface area contributed by atoms with Crippen LogP contribution in [0.1, 0.15) is 48.0 Å². The van der Waals surface area contributed by atoms with Gasteiger partial charge in [0.1, 0.15) is 0 Å². The van der Waals surface area contributed by atoms with Crippen molar-refractivity contribution >= 4 is 16.6 Å². The van der Waals surface area contributed by atoms with Crippen LogP contribution in [0.15, 0.2) is 0 Å². The fraction of sp³-hybridized carbons (Fsp3) is 1.00. The van der Waals surface area contributed by atoms with Gasteiger partial charge in [-0.25, -0.2) is 0 Å². The van der Waals surface area contributed by atoms with E-state index < -0.39 is 16.6 Å². The average Bonchev–Trinajstić information content (AvgIpc) is 2.33. The minimum atomic E-state index is -1.68. The van der Waals surface area contributed by atoms with Crippen molar-refractivity contribution in [3.63, 3.8) is 0 Å². The third-order valence-corrected chi connectivity index (χ3v) is 15.2. The first-order valence-corrected chi connectivity index (χ1v) is 15.0. The molecule has 5 heteroatoms. The van der Waals surface area contributed by atoms with Crippen LogP contribution in [0.5, 0.6) is 0 Å². The monoisotopic (exact) mass is 359 g/mol. The maximum absolute atomic E-state index is 6.60. The smallest absolute Gasteiger partial charge is 0.192 e. The van der Waals surface area contributed by atoms with E-state index in [9.17, 15) is 0 Å². The van der Waals surface area contributed by atoms with E-state index in [2.05, 4.69) is 73.0 Å². The summed E-state index contributed by atoms with van der Waals surface area (Å²) in [6, 6.07) is 0. The Kier molecular flexibility index (Phi) is 6.76. The van der Waals surface area contributed by atoms with Crippen LogP contribution in [0.25, 0.3) is 0 Å². The van der Waals surface area contributed by atoms with Crippen LogP contribution in [0.2, 0.25) is 36.3 Å². The molecule has 1 aliphatic rings. The summed E-state index contributed by atoms with van der Waals surface area (Å²) in [7, 11) is -3.33. The predicted octanol–water partition coefficient (Wildman–Crippen LogP) is 5.01. The van der Waals surface area contributed by atoms with Crippen LogP contribution >= 0.6 is 0 Å². The molecule has 0 amide bonds. The van der Waals surface area contributed by atoms with Gasteiger partial charge in [-0.15, -0.1) is 0 Å². The highest BCUT2D eigenvalue weighted by atomic mass is 28.4. The Balaban J connectivity index is 2.56. The summed E-state index contributed by atoms with van der Waals surface area (Å²) >= 11 is 0.